The first-order valence-corrected chi connectivity index (χ1v) is 4.82. The average molecular weight is 296 g/mol. The van der Waals surface area contributed by atoms with Gasteiger partial charge in [-0.15, -0.1) is 12.6 Å². The summed E-state index contributed by atoms with van der Waals surface area (Å²) in [5, 5.41) is 0. The summed E-state index contributed by atoms with van der Waals surface area (Å²) in [6.45, 7) is 0. The van der Waals surface area contributed by atoms with Gasteiger partial charge in [0.2, 0.25) is 0 Å². The van der Waals surface area contributed by atoms with E-state index in [4.69, 9.17) is 9.47 Å². The van der Waals surface area contributed by atoms with E-state index in [1.807, 2.05) is 12.1 Å². The summed E-state index contributed by atoms with van der Waals surface area (Å²) in [7, 11) is 3.25. The number of rotatable bonds is 2. The molecule has 0 radical (unpaired) electrons. The predicted octanol–water partition coefficient (Wildman–Crippen LogP) is 2.60. The molecule has 0 unspecified atom stereocenters. The van der Waals surface area contributed by atoms with Crippen molar-refractivity contribution < 1.29 is 9.47 Å². The summed E-state index contributed by atoms with van der Waals surface area (Å²) in [5.74, 6) is 1.54. The number of thiol groups is 1. The van der Waals surface area contributed by atoms with Crippen LogP contribution in [0, 0.1) is 3.57 Å². The van der Waals surface area contributed by atoms with Crippen LogP contribution in [0.1, 0.15) is 0 Å². The molecule has 2 nitrogen and oxygen atoms in total. The highest BCUT2D eigenvalue weighted by Gasteiger charge is 2.05. The van der Waals surface area contributed by atoms with Gasteiger partial charge < -0.3 is 9.47 Å². The molecule has 0 aliphatic carbocycles. The standard InChI is InChI=1S/C8H9IO2S/c1-10-6-4-7(11-2)8(12)3-5(6)9/h3-4,12H,1-2H3. The maximum absolute atomic E-state index is 5.12. The number of benzene rings is 1. The van der Waals surface area contributed by atoms with Gasteiger partial charge in [0.1, 0.15) is 11.5 Å². The van der Waals surface area contributed by atoms with Gasteiger partial charge in [-0.05, 0) is 28.7 Å². The molecule has 0 atom stereocenters. The summed E-state index contributed by atoms with van der Waals surface area (Å²) in [6, 6.07) is 3.73. The van der Waals surface area contributed by atoms with Crippen molar-refractivity contribution in [3.63, 3.8) is 0 Å². The topological polar surface area (TPSA) is 18.5 Å². The molecule has 0 amide bonds. The monoisotopic (exact) mass is 296 g/mol. The summed E-state index contributed by atoms with van der Waals surface area (Å²) < 4.78 is 11.2. The molecule has 0 fully saturated rings. The molecule has 0 heterocycles. The van der Waals surface area contributed by atoms with Crippen molar-refractivity contribution in [2.75, 3.05) is 14.2 Å². The molecule has 0 saturated heterocycles. The summed E-state index contributed by atoms with van der Waals surface area (Å²) in [4.78, 5) is 0.822. The Morgan fingerprint density at radius 1 is 1.17 bits per heavy atom. The van der Waals surface area contributed by atoms with Gasteiger partial charge in [0, 0.05) is 11.0 Å². The van der Waals surface area contributed by atoms with E-state index in [2.05, 4.69) is 35.2 Å². The van der Waals surface area contributed by atoms with Gasteiger partial charge in [-0.1, -0.05) is 0 Å². The zero-order chi connectivity index (χ0) is 9.14. The van der Waals surface area contributed by atoms with Crippen LogP contribution >= 0.6 is 35.2 Å². The summed E-state index contributed by atoms with van der Waals surface area (Å²) >= 11 is 6.44. The first-order valence-electron chi connectivity index (χ1n) is 3.29. The van der Waals surface area contributed by atoms with E-state index in [1.165, 1.54) is 0 Å². The van der Waals surface area contributed by atoms with E-state index < -0.39 is 0 Å². The number of hydrogen-bond donors (Lipinski definition) is 1. The number of ether oxygens (including phenoxy) is 2. The lowest BCUT2D eigenvalue weighted by Gasteiger charge is -2.08. The first-order chi connectivity index (χ1) is 5.69. The Bertz CT molecular complexity index is 263. The molecule has 0 aliphatic heterocycles. The van der Waals surface area contributed by atoms with Gasteiger partial charge >= 0.3 is 0 Å². The minimum absolute atomic E-state index is 0.732. The molecule has 0 bridgehead atoms. The number of halogens is 1. The highest BCUT2D eigenvalue weighted by atomic mass is 127. The molecule has 0 saturated carbocycles. The van der Waals surface area contributed by atoms with Crippen LogP contribution in [-0.2, 0) is 0 Å². The molecule has 1 aromatic carbocycles. The predicted molar refractivity (Wildman–Crippen MR) is 59.5 cm³/mol. The van der Waals surface area contributed by atoms with Gasteiger partial charge in [0.05, 0.1) is 17.8 Å². The SMILES string of the molecule is COc1cc(OC)c(I)cc1S. The third-order valence-electron chi connectivity index (χ3n) is 1.45. The number of methoxy groups -OCH3 is 2. The average Bonchev–Trinajstić information content (AvgIpc) is 2.05. The van der Waals surface area contributed by atoms with E-state index in [1.54, 1.807) is 14.2 Å². The third kappa shape index (κ3) is 1.98. The van der Waals surface area contributed by atoms with Crippen molar-refractivity contribution in [1.82, 2.24) is 0 Å². The quantitative estimate of drug-likeness (QED) is 0.668. The van der Waals surface area contributed by atoms with Crippen LogP contribution < -0.4 is 9.47 Å². The highest BCUT2D eigenvalue weighted by Crippen LogP contribution is 2.31. The van der Waals surface area contributed by atoms with E-state index >= 15 is 0 Å². The molecule has 0 N–H and O–H groups in total. The van der Waals surface area contributed by atoms with Crippen molar-refractivity contribution in [3.05, 3.63) is 15.7 Å². The molecular formula is C8H9IO2S. The second-order valence-corrected chi connectivity index (χ2v) is 3.80. The Morgan fingerprint density at radius 3 is 2.25 bits per heavy atom. The van der Waals surface area contributed by atoms with E-state index in [9.17, 15) is 0 Å². The second-order valence-electron chi connectivity index (χ2n) is 2.16. The fourth-order valence-electron chi connectivity index (χ4n) is 0.844. The molecular weight excluding hydrogens is 287 g/mol. The Kier molecular flexibility index (Phi) is 3.52. The fraction of sp³-hybridized carbons (Fsp3) is 0.250. The molecule has 0 spiro atoms. The lowest BCUT2D eigenvalue weighted by atomic mass is 10.3. The molecule has 66 valence electrons. The van der Waals surface area contributed by atoms with Crippen molar-refractivity contribution in [1.29, 1.82) is 0 Å². The molecule has 0 aliphatic rings. The summed E-state index contributed by atoms with van der Waals surface area (Å²) in [5.41, 5.74) is 0. The second kappa shape index (κ2) is 4.23. The van der Waals surface area contributed by atoms with Gasteiger partial charge in [-0.25, -0.2) is 0 Å². The number of hydrogen-bond acceptors (Lipinski definition) is 3. The van der Waals surface area contributed by atoms with Crippen molar-refractivity contribution in [3.8, 4) is 11.5 Å². The largest absolute Gasteiger partial charge is 0.496 e. The van der Waals surface area contributed by atoms with Crippen LogP contribution in [0.25, 0.3) is 0 Å². The molecule has 12 heavy (non-hydrogen) atoms. The van der Waals surface area contributed by atoms with Crippen LogP contribution in [0.3, 0.4) is 0 Å². The Hall–Kier alpha value is -0.100. The first kappa shape index (κ1) is 9.98. The maximum Gasteiger partial charge on any atom is 0.135 e. The van der Waals surface area contributed by atoms with Crippen LogP contribution in [0.15, 0.2) is 17.0 Å². The zero-order valence-electron chi connectivity index (χ0n) is 6.80. The van der Waals surface area contributed by atoms with E-state index in [0.29, 0.717) is 0 Å². The van der Waals surface area contributed by atoms with E-state index in [-0.39, 0.29) is 0 Å². The fourth-order valence-corrected chi connectivity index (χ4v) is 2.06. The van der Waals surface area contributed by atoms with Gasteiger partial charge in [0.15, 0.2) is 0 Å². The smallest absolute Gasteiger partial charge is 0.135 e. The van der Waals surface area contributed by atoms with Crippen molar-refractivity contribution >= 4 is 35.2 Å². The van der Waals surface area contributed by atoms with E-state index in [0.717, 1.165) is 20.0 Å². The Morgan fingerprint density at radius 2 is 1.75 bits per heavy atom. The van der Waals surface area contributed by atoms with Crippen LogP contribution in [0.4, 0.5) is 0 Å². The van der Waals surface area contributed by atoms with Crippen molar-refractivity contribution in [2.24, 2.45) is 0 Å². The zero-order valence-corrected chi connectivity index (χ0v) is 9.85. The Balaban J connectivity index is 3.18. The lowest BCUT2D eigenvalue weighted by Crippen LogP contribution is -1.90. The van der Waals surface area contributed by atoms with Crippen LogP contribution in [-0.4, -0.2) is 14.2 Å². The third-order valence-corrected chi connectivity index (χ3v) is 2.65. The van der Waals surface area contributed by atoms with Crippen LogP contribution in [0.2, 0.25) is 0 Å². The molecule has 4 heteroatoms. The minimum atomic E-state index is 0.732. The van der Waals surface area contributed by atoms with Gasteiger partial charge in [-0.2, -0.15) is 0 Å². The van der Waals surface area contributed by atoms with Crippen LogP contribution in [0.5, 0.6) is 11.5 Å². The van der Waals surface area contributed by atoms with Gasteiger partial charge in [-0.3, -0.25) is 0 Å². The molecule has 1 rings (SSSR count). The molecule has 0 aromatic heterocycles. The highest BCUT2D eigenvalue weighted by molar-refractivity contribution is 14.1. The van der Waals surface area contributed by atoms with Gasteiger partial charge in [0.25, 0.3) is 0 Å². The summed E-state index contributed by atoms with van der Waals surface area (Å²) in [6.07, 6.45) is 0. The minimum Gasteiger partial charge on any atom is -0.496 e. The normalized spacial score (nSPS) is 9.67. The Labute approximate surface area is 90.8 Å². The van der Waals surface area contributed by atoms with Crippen molar-refractivity contribution in [2.45, 2.75) is 4.90 Å². The lowest BCUT2D eigenvalue weighted by molar-refractivity contribution is 0.386. The maximum atomic E-state index is 5.12. The molecule has 1 aromatic rings.